The Morgan fingerprint density at radius 3 is 2.90 bits per heavy atom. The van der Waals surface area contributed by atoms with Gasteiger partial charge in [0.1, 0.15) is 11.4 Å². The highest BCUT2D eigenvalue weighted by Crippen LogP contribution is 2.41. The molecule has 1 aromatic heterocycles. The first-order valence-corrected chi connectivity index (χ1v) is 9.12. The predicted molar refractivity (Wildman–Crippen MR) is 84.7 cm³/mol. The first-order chi connectivity index (χ1) is 9.67. The van der Waals surface area contributed by atoms with Gasteiger partial charge in [-0.1, -0.05) is 6.92 Å². The molecule has 1 aliphatic heterocycles. The van der Waals surface area contributed by atoms with Gasteiger partial charge in [0.15, 0.2) is 0 Å². The molecule has 0 aliphatic carbocycles. The van der Waals surface area contributed by atoms with Crippen molar-refractivity contribution in [1.29, 1.82) is 0 Å². The largest absolute Gasteiger partial charge is 0.462 e. The highest BCUT2D eigenvalue weighted by molar-refractivity contribution is 8.06. The summed E-state index contributed by atoms with van der Waals surface area (Å²) in [5.74, 6) is 2.79. The molecule has 0 radical (unpaired) electrons. The molecule has 0 aromatic carbocycles. The lowest BCUT2D eigenvalue weighted by Gasteiger charge is -2.26. The van der Waals surface area contributed by atoms with E-state index in [1.54, 1.807) is 13.1 Å². The second-order valence-corrected chi connectivity index (χ2v) is 7.31. The maximum Gasteiger partial charge on any atom is 0.341 e. The number of esters is 1. The minimum Gasteiger partial charge on any atom is -0.462 e. The zero-order chi connectivity index (χ0) is 14.5. The number of rotatable bonds is 4. The Morgan fingerprint density at radius 1 is 1.50 bits per heavy atom. The summed E-state index contributed by atoms with van der Waals surface area (Å²) in [5.41, 5.74) is 0.921. The number of carbonyl (C=O) groups excluding carboxylic acids is 1. The summed E-state index contributed by atoms with van der Waals surface area (Å²) in [6.45, 7) is 4.28. The summed E-state index contributed by atoms with van der Waals surface area (Å²) in [4.78, 5) is 20.7. The minimum absolute atomic E-state index is 0.183. The second kappa shape index (κ2) is 7.52. The molecule has 1 saturated heterocycles. The lowest BCUT2D eigenvalue weighted by molar-refractivity contribution is 0.0524. The van der Waals surface area contributed by atoms with Gasteiger partial charge in [-0.3, -0.25) is 0 Å². The number of aromatic nitrogens is 2. The van der Waals surface area contributed by atoms with Gasteiger partial charge in [0, 0.05) is 23.0 Å². The van der Waals surface area contributed by atoms with E-state index < -0.39 is 5.97 Å². The molecule has 2 heterocycles. The Bertz CT molecular complexity index is 487. The topological polar surface area (TPSA) is 52.1 Å². The fraction of sp³-hybridized carbons (Fsp3) is 0.615. The molecule has 2 rings (SSSR count). The first kappa shape index (κ1) is 15.9. The molecule has 110 valence electrons. The van der Waals surface area contributed by atoms with E-state index in [0.717, 1.165) is 17.3 Å². The van der Waals surface area contributed by atoms with Crippen LogP contribution in [-0.2, 0) is 10.6 Å². The quantitative estimate of drug-likeness (QED) is 0.623. The Balaban J connectivity index is 2.26. The van der Waals surface area contributed by atoms with Crippen molar-refractivity contribution < 1.29 is 9.53 Å². The molecule has 1 aromatic rings. The molecule has 0 N–H and O–H groups in total. The van der Waals surface area contributed by atoms with E-state index in [2.05, 4.69) is 16.9 Å². The fourth-order valence-electron chi connectivity index (χ4n) is 1.97. The molecule has 2 unspecified atom stereocenters. The van der Waals surface area contributed by atoms with Crippen molar-refractivity contribution in [2.45, 2.75) is 30.2 Å². The van der Waals surface area contributed by atoms with Gasteiger partial charge in [-0.15, -0.1) is 23.4 Å². The van der Waals surface area contributed by atoms with Crippen LogP contribution in [-0.4, -0.2) is 39.3 Å². The lowest BCUT2D eigenvalue weighted by atomic mass is 10.2. The van der Waals surface area contributed by atoms with Crippen LogP contribution in [0.4, 0.5) is 0 Å². The van der Waals surface area contributed by atoms with Gasteiger partial charge in [0.2, 0.25) is 0 Å². The predicted octanol–water partition coefficient (Wildman–Crippen LogP) is 3.30. The first-order valence-electron chi connectivity index (χ1n) is 6.49. The van der Waals surface area contributed by atoms with E-state index in [1.165, 1.54) is 0 Å². The number of thioether (sulfide) groups is 2. The maximum atomic E-state index is 11.8. The van der Waals surface area contributed by atoms with Gasteiger partial charge in [0.05, 0.1) is 23.4 Å². The van der Waals surface area contributed by atoms with Crippen LogP contribution < -0.4 is 0 Å². The van der Waals surface area contributed by atoms with Gasteiger partial charge in [0.25, 0.3) is 0 Å². The average molecular weight is 333 g/mol. The van der Waals surface area contributed by atoms with Crippen LogP contribution in [0.2, 0.25) is 0 Å². The van der Waals surface area contributed by atoms with Gasteiger partial charge in [-0.25, -0.2) is 14.8 Å². The molecular weight excluding hydrogens is 316 g/mol. The van der Waals surface area contributed by atoms with Crippen LogP contribution in [0.1, 0.15) is 41.0 Å². The van der Waals surface area contributed by atoms with Crippen LogP contribution in [0.15, 0.2) is 6.20 Å². The SMILES string of the molecule is CCOC(=O)c1cnc(C2SCCSC2C)nc1CCl. The van der Waals surface area contributed by atoms with Crippen LogP contribution >= 0.6 is 35.1 Å². The van der Waals surface area contributed by atoms with Crippen molar-refractivity contribution in [3.8, 4) is 0 Å². The van der Waals surface area contributed by atoms with E-state index in [0.29, 0.717) is 23.1 Å². The lowest BCUT2D eigenvalue weighted by Crippen LogP contribution is -2.20. The number of halogens is 1. The second-order valence-electron chi connectivity index (χ2n) is 4.31. The maximum absolute atomic E-state index is 11.8. The molecular formula is C13H17ClN2O2S2. The highest BCUT2D eigenvalue weighted by Gasteiger charge is 2.27. The molecule has 0 bridgehead atoms. The van der Waals surface area contributed by atoms with Crippen molar-refractivity contribution in [1.82, 2.24) is 9.97 Å². The van der Waals surface area contributed by atoms with Gasteiger partial charge in [-0.2, -0.15) is 11.8 Å². The van der Waals surface area contributed by atoms with Crippen molar-refractivity contribution in [3.63, 3.8) is 0 Å². The monoisotopic (exact) mass is 332 g/mol. The summed E-state index contributed by atoms with van der Waals surface area (Å²) in [7, 11) is 0. The Hall–Kier alpha value is -0.460. The summed E-state index contributed by atoms with van der Waals surface area (Å²) in [6, 6.07) is 0. The zero-order valence-corrected chi connectivity index (χ0v) is 13.9. The Kier molecular flexibility index (Phi) is 5.99. The number of hydrogen-bond acceptors (Lipinski definition) is 6. The third-order valence-corrected chi connectivity index (χ3v) is 6.29. The number of ether oxygens (including phenoxy) is 1. The van der Waals surface area contributed by atoms with E-state index in [4.69, 9.17) is 16.3 Å². The molecule has 2 atom stereocenters. The van der Waals surface area contributed by atoms with Crippen molar-refractivity contribution in [3.05, 3.63) is 23.3 Å². The Labute approximate surface area is 132 Å². The van der Waals surface area contributed by atoms with Crippen LogP contribution in [0.3, 0.4) is 0 Å². The molecule has 7 heteroatoms. The Morgan fingerprint density at radius 2 is 2.25 bits per heavy atom. The molecule has 1 aliphatic rings. The van der Waals surface area contributed by atoms with E-state index >= 15 is 0 Å². The van der Waals surface area contributed by atoms with Crippen LogP contribution in [0.5, 0.6) is 0 Å². The zero-order valence-electron chi connectivity index (χ0n) is 11.5. The molecule has 0 amide bonds. The number of alkyl halides is 1. The third kappa shape index (κ3) is 3.59. The minimum atomic E-state index is -0.409. The van der Waals surface area contributed by atoms with Crippen molar-refractivity contribution in [2.24, 2.45) is 0 Å². The normalized spacial score (nSPS) is 22.6. The van der Waals surface area contributed by atoms with Crippen LogP contribution in [0, 0.1) is 0 Å². The summed E-state index contributed by atoms with van der Waals surface area (Å²) in [6.07, 6.45) is 1.55. The summed E-state index contributed by atoms with van der Waals surface area (Å²) < 4.78 is 4.99. The molecule has 4 nitrogen and oxygen atoms in total. The van der Waals surface area contributed by atoms with E-state index in [1.807, 2.05) is 23.5 Å². The van der Waals surface area contributed by atoms with Crippen molar-refractivity contribution >= 4 is 41.1 Å². The van der Waals surface area contributed by atoms with Crippen molar-refractivity contribution in [2.75, 3.05) is 18.1 Å². The van der Waals surface area contributed by atoms with E-state index in [-0.39, 0.29) is 11.1 Å². The smallest absolute Gasteiger partial charge is 0.341 e. The highest BCUT2D eigenvalue weighted by atomic mass is 35.5. The van der Waals surface area contributed by atoms with Crippen LogP contribution in [0.25, 0.3) is 0 Å². The fourth-order valence-corrected chi connectivity index (χ4v) is 4.87. The standard InChI is InChI=1S/C13H17ClN2O2S2/c1-3-18-13(17)9-7-15-12(16-10(9)6-14)11-8(2)19-4-5-20-11/h7-8,11H,3-6H2,1-2H3. The third-order valence-electron chi connectivity index (χ3n) is 2.95. The van der Waals surface area contributed by atoms with Gasteiger partial charge in [-0.05, 0) is 6.92 Å². The van der Waals surface area contributed by atoms with E-state index in [9.17, 15) is 4.79 Å². The van der Waals surface area contributed by atoms with Gasteiger partial charge < -0.3 is 4.74 Å². The summed E-state index contributed by atoms with van der Waals surface area (Å²) >= 11 is 9.70. The number of carbonyl (C=O) groups is 1. The molecule has 0 saturated carbocycles. The number of nitrogens with zero attached hydrogens (tertiary/aromatic N) is 2. The van der Waals surface area contributed by atoms with Gasteiger partial charge >= 0.3 is 5.97 Å². The number of hydrogen-bond donors (Lipinski definition) is 0. The molecule has 1 fully saturated rings. The summed E-state index contributed by atoms with van der Waals surface area (Å²) in [5, 5.41) is 0.720. The molecule has 20 heavy (non-hydrogen) atoms. The molecule has 0 spiro atoms. The average Bonchev–Trinajstić information content (AvgIpc) is 2.47.